The van der Waals surface area contributed by atoms with Crippen LogP contribution in [0.2, 0.25) is 0 Å². The van der Waals surface area contributed by atoms with Crippen molar-refractivity contribution in [2.24, 2.45) is 5.92 Å². The van der Waals surface area contributed by atoms with Crippen molar-refractivity contribution in [3.8, 4) is 5.82 Å². The molecule has 1 saturated carbocycles. The Morgan fingerprint density at radius 3 is 2.46 bits per heavy atom. The Kier molecular flexibility index (Phi) is 8.09. The van der Waals surface area contributed by atoms with Crippen LogP contribution in [0.5, 0.6) is 0 Å². The molecule has 2 N–H and O–H groups in total. The predicted octanol–water partition coefficient (Wildman–Crippen LogP) is 4.51. The minimum atomic E-state index is -2.75. The summed E-state index contributed by atoms with van der Waals surface area (Å²) in [5.41, 5.74) is 1.06. The van der Waals surface area contributed by atoms with E-state index >= 15 is 0 Å². The first kappa shape index (κ1) is 25.7. The predicted molar refractivity (Wildman–Crippen MR) is 137 cm³/mol. The van der Waals surface area contributed by atoms with Gasteiger partial charge in [-0.25, -0.2) is 18.2 Å². The quantitative estimate of drug-likeness (QED) is 0.432. The third kappa shape index (κ3) is 6.15. The zero-order valence-corrected chi connectivity index (χ0v) is 21.0. The second-order valence-electron chi connectivity index (χ2n) is 9.89. The molecule has 1 atom stereocenters. The number of aromatic nitrogens is 4. The highest BCUT2D eigenvalue weighted by Gasteiger charge is 2.24. The molecular weight excluding hydrogens is 483 g/mol. The fraction of sp³-hybridized carbons (Fsp3) is 0.577. The molecule has 37 heavy (non-hydrogen) atoms. The Morgan fingerprint density at radius 2 is 1.73 bits per heavy atom. The second kappa shape index (κ2) is 11.6. The normalized spacial score (nSPS) is 21.5. The van der Waals surface area contributed by atoms with Crippen molar-refractivity contribution in [1.29, 1.82) is 0 Å². The maximum atomic E-state index is 14.0. The van der Waals surface area contributed by atoms with E-state index in [1.54, 1.807) is 37.3 Å². The molecule has 3 aromatic rings. The van der Waals surface area contributed by atoms with Crippen molar-refractivity contribution in [1.82, 2.24) is 24.8 Å². The number of imidazole rings is 1. The summed E-state index contributed by atoms with van der Waals surface area (Å²) in [4.78, 5) is 15.7. The molecule has 0 bridgehead atoms. The molecule has 0 radical (unpaired) electrons. The number of rotatable bonds is 9. The fourth-order valence-electron chi connectivity index (χ4n) is 5.14. The van der Waals surface area contributed by atoms with Crippen LogP contribution in [-0.4, -0.2) is 71.1 Å². The molecule has 5 rings (SSSR count). The maximum absolute atomic E-state index is 14.0. The van der Waals surface area contributed by atoms with E-state index in [2.05, 4.69) is 25.5 Å². The van der Waals surface area contributed by atoms with Gasteiger partial charge in [0.05, 0.1) is 24.2 Å². The molecule has 0 amide bonds. The Balaban J connectivity index is 1.39. The molecule has 8 nitrogen and oxygen atoms in total. The van der Waals surface area contributed by atoms with Gasteiger partial charge >= 0.3 is 0 Å². The number of fused-ring (bicyclic) bond motifs is 1. The SMILES string of the molecule is CC(F)CN[C@H]1CC[C@H](CNc2nc(N3CCOCC3)cc(-n3c(C(F)F)nc4ccccc43)n2)CC1. The summed E-state index contributed by atoms with van der Waals surface area (Å²) < 4.78 is 48.1. The third-order valence-electron chi connectivity index (χ3n) is 7.13. The average Bonchev–Trinajstić information content (AvgIpc) is 3.32. The molecule has 11 heteroatoms. The van der Waals surface area contributed by atoms with E-state index in [0.717, 1.165) is 25.7 Å². The summed E-state index contributed by atoms with van der Waals surface area (Å²) in [6, 6.07) is 9.18. The molecule has 2 aromatic heterocycles. The number of nitrogens with one attached hydrogen (secondary N) is 2. The minimum absolute atomic E-state index is 0.341. The molecule has 200 valence electrons. The number of benzene rings is 1. The van der Waals surface area contributed by atoms with E-state index < -0.39 is 12.6 Å². The molecule has 2 aliphatic rings. The van der Waals surface area contributed by atoms with Crippen molar-refractivity contribution in [2.75, 3.05) is 49.6 Å². The molecule has 1 aliphatic carbocycles. The fourth-order valence-corrected chi connectivity index (χ4v) is 5.14. The highest BCUT2D eigenvalue weighted by Crippen LogP contribution is 2.30. The number of para-hydroxylation sites is 2. The molecular formula is C26H34F3N7O. The standard InChI is InChI=1S/C26H34F3N7O/c1-17(27)15-30-19-8-6-18(7-9-19)16-31-26-33-22(35-10-12-37-13-11-35)14-23(34-26)36-21-5-3-2-4-20(21)32-25(36)24(28)29/h2-5,14,17-19,24,30H,6-13,15-16H2,1H3,(H,31,33,34)/t17?,18-,19-. The molecule has 3 heterocycles. The smallest absolute Gasteiger partial charge is 0.296 e. The maximum Gasteiger partial charge on any atom is 0.296 e. The average molecular weight is 518 g/mol. The number of morpholine rings is 1. The molecule has 1 unspecified atom stereocenters. The number of hydrogen-bond donors (Lipinski definition) is 2. The van der Waals surface area contributed by atoms with E-state index in [0.29, 0.717) is 80.0 Å². The van der Waals surface area contributed by atoms with Crippen LogP contribution in [0.3, 0.4) is 0 Å². The van der Waals surface area contributed by atoms with E-state index in [9.17, 15) is 13.2 Å². The molecule has 2 fully saturated rings. The van der Waals surface area contributed by atoms with Gasteiger partial charge in [-0.3, -0.25) is 4.57 Å². The van der Waals surface area contributed by atoms with Crippen LogP contribution in [-0.2, 0) is 4.74 Å². The van der Waals surface area contributed by atoms with Crippen LogP contribution in [0.25, 0.3) is 16.9 Å². The lowest BCUT2D eigenvalue weighted by Crippen LogP contribution is -2.37. The van der Waals surface area contributed by atoms with Crippen LogP contribution < -0.4 is 15.5 Å². The van der Waals surface area contributed by atoms with Gasteiger partial charge in [0.25, 0.3) is 6.43 Å². The monoisotopic (exact) mass is 517 g/mol. The number of nitrogens with zero attached hydrogens (tertiary/aromatic N) is 5. The summed E-state index contributed by atoms with van der Waals surface area (Å²) in [5, 5.41) is 6.68. The molecule has 1 aromatic carbocycles. The van der Waals surface area contributed by atoms with Gasteiger partial charge in [-0.2, -0.15) is 9.97 Å². The van der Waals surface area contributed by atoms with Crippen molar-refractivity contribution < 1.29 is 17.9 Å². The lowest BCUT2D eigenvalue weighted by molar-refractivity contribution is 0.122. The van der Waals surface area contributed by atoms with Crippen LogP contribution in [0.1, 0.15) is 44.9 Å². The third-order valence-corrected chi connectivity index (χ3v) is 7.13. The van der Waals surface area contributed by atoms with Crippen molar-refractivity contribution in [2.45, 2.75) is 51.2 Å². The van der Waals surface area contributed by atoms with Gasteiger partial charge in [-0.05, 0) is 50.7 Å². The van der Waals surface area contributed by atoms with Crippen LogP contribution in [0.15, 0.2) is 30.3 Å². The van der Waals surface area contributed by atoms with Gasteiger partial charge in [0.2, 0.25) is 5.95 Å². The number of ether oxygens (including phenoxy) is 1. The summed E-state index contributed by atoms with van der Waals surface area (Å²) in [6.45, 7) is 5.13. The number of hydrogen-bond acceptors (Lipinski definition) is 7. The van der Waals surface area contributed by atoms with Crippen LogP contribution >= 0.6 is 0 Å². The lowest BCUT2D eigenvalue weighted by Gasteiger charge is -2.30. The van der Waals surface area contributed by atoms with Crippen LogP contribution in [0.4, 0.5) is 24.9 Å². The summed E-state index contributed by atoms with van der Waals surface area (Å²) >= 11 is 0. The van der Waals surface area contributed by atoms with Gasteiger partial charge in [-0.1, -0.05) is 12.1 Å². The zero-order chi connectivity index (χ0) is 25.8. The number of anilines is 2. The Bertz CT molecular complexity index is 1170. The summed E-state index contributed by atoms with van der Waals surface area (Å²) in [5.74, 6) is 1.53. The van der Waals surface area contributed by atoms with Gasteiger partial charge in [0, 0.05) is 38.3 Å². The van der Waals surface area contributed by atoms with Gasteiger partial charge in [0.15, 0.2) is 5.82 Å². The number of alkyl halides is 3. The van der Waals surface area contributed by atoms with Crippen molar-refractivity contribution >= 4 is 22.8 Å². The first-order valence-electron chi connectivity index (χ1n) is 13.1. The second-order valence-corrected chi connectivity index (χ2v) is 9.89. The van der Waals surface area contributed by atoms with E-state index in [-0.39, 0.29) is 5.82 Å². The van der Waals surface area contributed by atoms with Gasteiger partial charge in [-0.15, -0.1) is 0 Å². The molecule has 0 spiro atoms. The molecule has 1 saturated heterocycles. The van der Waals surface area contributed by atoms with E-state index in [1.165, 1.54) is 4.57 Å². The topological polar surface area (TPSA) is 80.1 Å². The number of halogens is 3. The Hall–Kier alpha value is -2.92. The van der Waals surface area contributed by atoms with Crippen molar-refractivity contribution in [3.05, 3.63) is 36.2 Å². The molecule has 1 aliphatic heterocycles. The Morgan fingerprint density at radius 1 is 1.00 bits per heavy atom. The van der Waals surface area contributed by atoms with Crippen LogP contribution in [0, 0.1) is 5.92 Å². The van der Waals surface area contributed by atoms with E-state index in [4.69, 9.17) is 9.72 Å². The first-order valence-corrected chi connectivity index (χ1v) is 13.1. The minimum Gasteiger partial charge on any atom is -0.378 e. The van der Waals surface area contributed by atoms with E-state index in [1.807, 2.05) is 0 Å². The van der Waals surface area contributed by atoms with Gasteiger partial charge in [0.1, 0.15) is 17.8 Å². The summed E-state index contributed by atoms with van der Waals surface area (Å²) in [7, 11) is 0. The highest BCUT2D eigenvalue weighted by molar-refractivity contribution is 5.78. The first-order chi connectivity index (χ1) is 18.0. The highest BCUT2D eigenvalue weighted by atomic mass is 19.3. The summed E-state index contributed by atoms with van der Waals surface area (Å²) in [6.07, 6.45) is 0.430. The van der Waals surface area contributed by atoms with Crippen molar-refractivity contribution in [3.63, 3.8) is 0 Å². The van der Waals surface area contributed by atoms with Gasteiger partial charge < -0.3 is 20.3 Å². The zero-order valence-electron chi connectivity index (χ0n) is 21.0. The Labute approximate surface area is 214 Å². The lowest BCUT2D eigenvalue weighted by atomic mass is 9.86. The largest absolute Gasteiger partial charge is 0.378 e.